The Bertz CT molecular complexity index is 900. The van der Waals surface area contributed by atoms with Gasteiger partial charge in [-0.2, -0.15) is 0 Å². The lowest BCUT2D eigenvalue weighted by atomic mass is 10.0. The number of benzene rings is 2. The summed E-state index contributed by atoms with van der Waals surface area (Å²) in [6.07, 6.45) is 5.22. The number of para-hydroxylation sites is 1. The van der Waals surface area contributed by atoms with Gasteiger partial charge in [0, 0.05) is 56.9 Å². The maximum Gasteiger partial charge on any atom is 0.142 e. The minimum absolute atomic E-state index is 0.678. The van der Waals surface area contributed by atoms with Crippen molar-refractivity contribution in [2.24, 2.45) is 7.05 Å². The van der Waals surface area contributed by atoms with Crippen LogP contribution in [0.2, 0.25) is 0 Å². The number of aliphatic hydroxyl groups excluding tert-OH is 1. The third kappa shape index (κ3) is 4.69. The lowest BCUT2D eigenvalue weighted by Crippen LogP contribution is -2.47. The van der Waals surface area contributed by atoms with E-state index in [1.54, 1.807) is 6.20 Å². The lowest BCUT2D eigenvalue weighted by molar-refractivity contribution is 0.205. The Kier molecular flexibility index (Phi) is 6.27. The predicted octanol–water partition coefficient (Wildman–Crippen LogP) is 3.26. The molecular formula is C24H30N4O. The van der Waals surface area contributed by atoms with Gasteiger partial charge in [-0.3, -0.25) is 4.90 Å². The zero-order valence-corrected chi connectivity index (χ0v) is 17.1. The van der Waals surface area contributed by atoms with Crippen LogP contribution in [-0.2, 0) is 13.5 Å². The van der Waals surface area contributed by atoms with E-state index in [-0.39, 0.29) is 0 Å². The maximum absolute atomic E-state index is 10.9. The molecule has 1 saturated heterocycles. The second-order valence-corrected chi connectivity index (χ2v) is 7.78. The third-order valence-corrected chi connectivity index (χ3v) is 5.83. The van der Waals surface area contributed by atoms with Crippen LogP contribution in [0.3, 0.4) is 0 Å². The van der Waals surface area contributed by atoms with Gasteiger partial charge in [-0.1, -0.05) is 48.5 Å². The Hall–Kier alpha value is -2.63. The van der Waals surface area contributed by atoms with Crippen LogP contribution in [-0.4, -0.2) is 52.3 Å². The van der Waals surface area contributed by atoms with Crippen LogP contribution >= 0.6 is 0 Å². The van der Waals surface area contributed by atoms with Crippen molar-refractivity contribution in [3.8, 4) is 0 Å². The summed E-state index contributed by atoms with van der Waals surface area (Å²) in [7, 11) is 1.92. The molecule has 1 atom stereocenters. The molecule has 29 heavy (non-hydrogen) atoms. The molecule has 4 rings (SSSR count). The minimum Gasteiger partial charge on any atom is -0.380 e. The number of aryl methyl sites for hydroxylation is 2. The van der Waals surface area contributed by atoms with Gasteiger partial charge in [-0.05, 0) is 31.0 Å². The molecule has 1 N–H and O–H groups in total. The van der Waals surface area contributed by atoms with Crippen molar-refractivity contribution in [2.45, 2.75) is 18.9 Å². The van der Waals surface area contributed by atoms with Gasteiger partial charge in [0.05, 0.1) is 0 Å². The van der Waals surface area contributed by atoms with E-state index in [1.165, 1.54) is 12.0 Å². The smallest absolute Gasteiger partial charge is 0.142 e. The average molecular weight is 391 g/mol. The maximum atomic E-state index is 10.9. The molecule has 1 fully saturated rings. The lowest BCUT2D eigenvalue weighted by Gasteiger charge is -2.37. The second kappa shape index (κ2) is 9.25. The quantitative estimate of drug-likeness (QED) is 0.673. The van der Waals surface area contributed by atoms with Crippen LogP contribution < -0.4 is 4.90 Å². The number of hydrogen-bond acceptors (Lipinski definition) is 4. The summed E-state index contributed by atoms with van der Waals surface area (Å²) >= 11 is 0. The summed E-state index contributed by atoms with van der Waals surface area (Å²) in [5, 5.41) is 10.9. The molecule has 0 aliphatic carbocycles. The fourth-order valence-electron chi connectivity index (χ4n) is 4.15. The van der Waals surface area contributed by atoms with Crippen LogP contribution in [0, 0.1) is 0 Å². The van der Waals surface area contributed by atoms with Gasteiger partial charge in [-0.15, -0.1) is 0 Å². The molecule has 0 amide bonds. The fraction of sp³-hybridized carbons (Fsp3) is 0.375. The van der Waals surface area contributed by atoms with Gasteiger partial charge in [0.15, 0.2) is 0 Å². The molecule has 0 saturated carbocycles. The molecule has 0 spiro atoms. The molecule has 1 aliphatic heterocycles. The highest BCUT2D eigenvalue weighted by atomic mass is 16.3. The average Bonchev–Trinajstić information content (AvgIpc) is 3.20. The normalized spacial score (nSPS) is 16.1. The summed E-state index contributed by atoms with van der Waals surface area (Å²) in [5.41, 5.74) is 3.47. The van der Waals surface area contributed by atoms with Gasteiger partial charge < -0.3 is 14.6 Å². The van der Waals surface area contributed by atoms with E-state index in [1.807, 2.05) is 29.9 Å². The number of aromatic nitrogens is 2. The van der Waals surface area contributed by atoms with Crippen LogP contribution in [0.1, 0.15) is 29.5 Å². The van der Waals surface area contributed by atoms with E-state index in [9.17, 15) is 5.11 Å². The van der Waals surface area contributed by atoms with Crippen molar-refractivity contribution in [2.75, 3.05) is 37.6 Å². The molecule has 0 radical (unpaired) electrons. The van der Waals surface area contributed by atoms with Crippen molar-refractivity contribution >= 4 is 5.69 Å². The van der Waals surface area contributed by atoms with Crippen LogP contribution in [0.4, 0.5) is 5.69 Å². The first-order chi connectivity index (χ1) is 14.2. The number of imidazole rings is 1. The van der Waals surface area contributed by atoms with Crippen LogP contribution in [0.25, 0.3) is 0 Å². The number of anilines is 1. The van der Waals surface area contributed by atoms with Crippen molar-refractivity contribution in [3.63, 3.8) is 0 Å². The number of piperazine rings is 1. The zero-order chi connectivity index (χ0) is 20.1. The van der Waals surface area contributed by atoms with E-state index >= 15 is 0 Å². The number of aliphatic hydroxyl groups is 1. The summed E-state index contributed by atoms with van der Waals surface area (Å²) in [6, 6.07) is 18.9. The Morgan fingerprint density at radius 3 is 2.41 bits per heavy atom. The summed E-state index contributed by atoms with van der Waals surface area (Å²) in [6.45, 7) is 5.22. The molecule has 152 valence electrons. The van der Waals surface area contributed by atoms with Gasteiger partial charge in [0.1, 0.15) is 11.9 Å². The molecule has 2 aromatic carbocycles. The molecule has 1 aliphatic rings. The first-order valence-electron chi connectivity index (χ1n) is 10.5. The number of hydrogen-bond donors (Lipinski definition) is 1. The van der Waals surface area contributed by atoms with Crippen molar-refractivity contribution in [3.05, 3.63) is 83.9 Å². The minimum atomic E-state index is -0.713. The van der Waals surface area contributed by atoms with Crippen LogP contribution in [0.15, 0.2) is 67.0 Å². The molecule has 0 bridgehead atoms. The zero-order valence-electron chi connectivity index (χ0n) is 17.1. The molecular weight excluding hydrogens is 360 g/mol. The standard InChI is InChI=1S/C24H30N4O/c1-26-15-13-25-24(26)23(29)21-11-5-6-12-22(21)28-18-16-27(17-19-28)14-7-10-20-8-3-2-4-9-20/h2-6,8-9,11-13,15,23,29H,7,10,14,16-19H2,1H3/t23-/m1/s1. The van der Waals surface area contributed by atoms with E-state index < -0.39 is 6.10 Å². The highest BCUT2D eigenvalue weighted by molar-refractivity contribution is 5.56. The Morgan fingerprint density at radius 2 is 1.69 bits per heavy atom. The summed E-state index contributed by atoms with van der Waals surface area (Å²) in [4.78, 5) is 9.29. The molecule has 3 aromatic rings. The molecule has 5 heteroatoms. The van der Waals surface area contributed by atoms with E-state index in [4.69, 9.17) is 0 Å². The largest absolute Gasteiger partial charge is 0.380 e. The molecule has 2 heterocycles. The molecule has 1 aromatic heterocycles. The summed E-state index contributed by atoms with van der Waals surface area (Å²) < 4.78 is 1.88. The number of rotatable bonds is 7. The van der Waals surface area contributed by atoms with Crippen molar-refractivity contribution < 1.29 is 5.11 Å². The predicted molar refractivity (Wildman–Crippen MR) is 117 cm³/mol. The third-order valence-electron chi connectivity index (χ3n) is 5.83. The van der Waals surface area contributed by atoms with Crippen molar-refractivity contribution in [1.29, 1.82) is 0 Å². The van der Waals surface area contributed by atoms with Gasteiger partial charge in [-0.25, -0.2) is 4.98 Å². The Balaban J connectivity index is 1.35. The second-order valence-electron chi connectivity index (χ2n) is 7.78. The van der Waals surface area contributed by atoms with Gasteiger partial charge in [0.25, 0.3) is 0 Å². The monoisotopic (exact) mass is 390 g/mol. The molecule has 5 nitrogen and oxygen atoms in total. The topological polar surface area (TPSA) is 44.5 Å². The van der Waals surface area contributed by atoms with E-state index in [2.05, 4.69) is 57.2 Å². The summed E-state index contributed by atoms with van der Waals surface area (Å²) in [5.74, 6) is 0.678. The van der Waals surface area contributed by atoms with Crippen molar-refractivity contribution in [1.82, 2.24) is 14.5 Å². The number of nitrogens with zero attached hydrogens (tertiary/aromatic N) is 4. The Labute approximate surface area is 173 Å². The fourth-order valence-corrected chi connectivity index (χ4v) is 4.15. The van der Waals surface area contributed by atoms with Gasteiger partial charge >= 0.3 is 0 Å². The van der Waals surface area contributed by atoms with E-state index in [0.717, 1.165) is 50.4 Å². The van der Waals surface area contributed by atoms with Gasteiger partial charge in [0.2, 0.25) is 0 Å². The first-order valence-corrected chi connectivity index (χ1v) is 10.5. The highest BCUT2D eigenvalue weighted by Crippen LogP contribution is 2.30. The molecule has 0 unspecified atom stereocenters. The van der Waals surface area contributed by atoms with Crippen LogP contribution in [0.5, 0.6) is 0 Å². The Morgan fingerprint density at radius 1 is 0.966 bits per heavy atom. The SMILES string of the molecule is Cn1ccnc1[C@H](O)c1ccccc1N1CCN(CCCc2ccccc2)CC1. The highest BCUT2D eigenvalue weighted by Gasteiger charge is 2.23. The first kappa shape index (κ1) is 19.7. The van der Waals surface area contributed by atoms with E-state index in [0.29, 0.717) is 5.82 Å².